The highest BCUT2D eigenvalue weighted by atomic mass is 127. The Morgan fingerprint density at radius 3 is 2.20 bits per heavy atom. The Hall–Kier alpha value is -3.58. The predicted molar refractivity (Wildman–Crippen MR) is 162 cm³/mol. The molecule has 0 aromatic heterocycles. The van der Waals surface area contributed by atoms with Gasteiger partial charge >= 0.3 is 6.09 Å². The molecule has 6 nitrogen and oxygen atoms in total. The first-order chi connectivity index (χ1) is 18.9. The topological polar surface area (TPSA) is 59.1 Å². The van der Waals surface area contributed by atoms with Gasteiger partial charge in [-0.2, -0.15) is 0 Å². The van der Waals surface area contributed by atoms with E-state index in [-0.39, 0.29) is 12.0 Å². The number of methoxy groups -OCH3 is 1. The summed E-state index contributed by atoms with van der Waals surface area (Å²) in [4.78, 5) is 28.8. The fourth-order valence-corrected chi connectivity index (χ4v) is 4.33. The molecular formula is C32H34FIN2O4. The third-order valence-corrected chi connectivity index (χ3v) is 6.74. The molecule has 0 fully saturated rings. The second-order valence-corrected chi connectivity index (χ2v) is 11.4. The zero-order valence-electron chi connectivity index (χ0n) is 23.5. The van der Waals surface area contributed by atoms with Crippen molar-refractivity contribution in [2.75, 3.05) is 20.7 Å². The van der Waals surface area contributed by atoms with E-state index in [0.717, 1.165) is 22.4 Å². The van der Waals surface area contributed by atoms with Crippen LogP contribution in [0.5, 0.6) is 5.75 Å². The van der Waals surface area contributed by atoms with Crippen molar-refractivity contribution in [1.82, 2.24) is 9.80 Å². The SMILES string of the molecule is COc1ccc(CN(CCC#Cc2ccc(CN(C)C(=O)OC(C)(C)C)cc2)C(=O)c2cc(F)ccc2I)cc1. The summed E-state index contributed by atoms with van der Waals surface area (Å²) in [6.45, 7) is 6.66. The Morgan fingerprint density at radius 2 is 1.57 bits per heavy atom. The number of carbonyl (C=O) groups excluding carboxylic acids is 2. The Morgan fingerprint density at radius 1 is 0.950 bits per heavy atom. The number of carbonyl (C=O) groups is 2. The fourth-order valence-electron chi connectivity index (χ4n) is 3.76. The highest BCUT2D eigenvalue weighted by Gasteiger charge is 2.20. The van der Waals surface area contributed by atoms with Crippen LogP contribution in [0.1, 0.15) is 54.2 Å². The lowest BCUT2D eigenvalue weighted by atomic mass is 10.1. The van der Waals surface area contributed by atoms with Crippen molar-refractivity contribution in [3.63, 3.8) is 0 Å². The Bertz CT molecular complexity index is 1370. The van der Waals surface area contributed by atoms with Gasteiger partial charge in [0.1, 0.15) is 17.2 Å². The second kappa shape index (κ2) is 14.2. The van der Waals surface area contributed by atoms with Crippen LogP contribution in [0.15, 0.2) is 66.7 Å². The number of hydrogen-bond acceptors (Lipinski definition) is 4. The van der Waals surface area contributed by atoms with Gasteiger partial charge in [0.25, 0.3) is 5.91 Å². The molecule has 0 spiro atoms. The Balaban J connectivity index is 1.66. The number of hydrogen-bond donors (Lipinski definition) is 0. The molecule has 0 saturated carbocycles. The molecule has 2 amide bonds. The largest absolute Gasteiger partial charge is 0.497 e. The van der Waals surface area contributed by atoms with Crippen molar-refractivity contribution < 1.29 is 23.5 Å². The van der Waals surface area contributed by atoms with Crippen LogP contribution >= 0.6 is 22.6 Å². The molecule has 0 aliphatic heterocycles. The standard InChI is InChI=1S/C32H34FIN2O4/c1-32(2,3)40-31(38)35(4)21-24-11-9-23(10-12-24)8-6-7-19-36(22-25-13-16-27(39-5)17-14-25)30(37)28-20-26(33)15-18-29(28)34/h9-18,20H,7,19,21-22H2,1-5H3. The van der Waals surface area contributed by atoms with Crippen molar-refractivity contribution >= 4 is 34.6 Å². The van der Waals surface area contributed by atoms with Crippen LogP contribution in [0.3, 0.4) is 0 Å². The maximum absolute atomic E-state index is 13.9. The second-order valence-electron chi connectivity index (χ2n) is 10.3. The van der Waals surface area contributed by atoms with Crippen LogP contribution in [0.25, 0.3) is 0 Å². The first-order valence-corrected chi connectivity index (χ1v) is 13.9. The van der Waals surface area contributed by atoms with Gasteiger partial charge in [0.15, 0.2) is 0 Å². The fraction of sp³-hybridized carbons (Fsp3) is 0.312. The van der Waals surface area contributed by atoms with Crippen molar-refractivity contribution in [1.29, 1.82) is 0 Å². The average molecular weight is 657 g/mol. The molecule has 0 aliphatic rings. The summed E-state index contributed by atoms with van der Waals surface area (Å²) in [5, 5.41) is 0. The van der Waals surface area contributed by atoms with Crippen LogP contribution in [0.2, 0.25) is 0 Å². The molecule has 0 unspecified atom stereocenters. The van der Waals surface area contributed by atoms with Gasteiger partial charge in [-0.1, -0.05) is 36.1 Å². The number of nitrogens with zero attached hydrogens (tertiary/aromatic N) is 2. The lowest BCUT2D eigenvalue weighted by Crippen LogP contribution is -2.33. The van der Waals surface area contributed by atoms with Gasteiger partial charge < -0.3 is 19.3 Å². The lowest BCUT2D eigenvalue weighted by Gasteiger charge is -2.24. The number of ether oxygens (including phenoxy) is 2. The van der Waals surface area contributed by atoms with Gasteiger partial charge in [0.05, 0.1) is 12.7 Å². The van der Waals surface area contributed by atoms with Gasteiger partial charge in [-0.05, 0) is 97.0 Å². The zero-order chi connectivity index (χ0) is 29.3. The van der Waals surface area contributed by atoms with Crippen molar-refractivity contribution in [3.8, 4) is 17.6 Å². The third-order valence-electron chi connectivity index (χ3n) is 5.80. The molecule has 0 heterocycles. The van der Waals surface area contributed by atoms with Gasteiger partial charge in [-0.15, -0.1) is 0 Å². The Kier molecular flexibility index (Phi) is 11.0. The molecule has 40 heavy (non-hydrogen) atoms. The van der Waals surface area contributed by atoms with E-state index in [9.17, 15) is 14.0 Å². The summed E-state index contributed by atoms with van der Waals surface area (Å²) in [5.41, 5.74) is 2.50. The van der Waals surface area contributed by atoms with E-state index < -0.39 is 11.4 Å². The minimum absolute atomic E-state index is 0.250. The molecule has 0 bridgehead atoms. The molecule has 0 N–H and O–H groups in total. The summed E-state index contributed by atoms with van der Waals surface area (Å²) in [6.07, 6.45) is 0.0646. The van der Waals surface area contributed by atoms with E-state index in [1.165, 1.54) is 17.0 Å². The van der Waals surface area contributed by atoms with Crippen LogP contribution in [-0.2, 0) is 17.8 Å². The van der Waals surface area contributed by atoms with Gasteiger partial charge in [-0.25, -0.2) is 9.18 Å². The van der Waals surface area contributed by atoms with E-state index >= 15 is 0 Å². The number of amides is 2. The van der Waals surface area contributed by atoms with E-state index in [1.54, 1.807) is 25.1 Å². The van der Waals surface area contributed by atoms with Crippen LogP contribution in [0.4, 0.5) is 9.18 Å². The van der Waals surface area contributed by atoms with Gasteiger partial charge in [0.2, 0.25) is 0 Å². The number of benzene rings is 3. The first-order valence-electron chi connectivity index (χ1n) is 12.8. The van der Waals surface area contributed by atoms with E-state index in [4.69, 9.17) is 9.47 Å². The highest BCUT2D eigenvalue weighted by Crippen LogP contribution is 2.19. The zero-order valence-corrected chi connectivity index (χ0v) is 25.6. The van der Waals surface area contributed by atoms with E-state index in [1.807, 2.05) is 91.9 Å². The smallest absolute Gasteiger partial charge is 0.410 e. The summed E-state index contributed by atoms with van der Waals surface area (Å²) < 4.78 is 25.3. The van der Waals surface area contributed by atoms with Crippen molar-refractivity contribution in [3.05, 3.63) is 98.4 Å². The molecule has 0 saturated heterocycles. The van der Waals surface area contributed by atoms with Crippen LogP contribution in [-0.4, -0.2) is 48.1 Å². The highest BCUT2D eigenvalue weighted by molar-refractivity contribution is 14.1. The normalized spacial score (nSPS) is 10.8. The van der Waals surface area contributed by atoms with Crippen LogP contribution < -0.4 is 4.74 Å². The quantitative estimate of drug-likeness (QED) is 0.196. The molecule has 3 aromatic rings. The molecule has 210 valence electrons. The number of rotatable bonds is 8. The van der Waals surface area contributed by atoms with Crippen molar-refractivity contribution in [2.45, 2.75) is 45.9 Å². The molecule has 0 radical (unpaired) electrons. The predicted octanol–water partition coefficient (Wildman–Crippen LogP) is 6.89. The molecule has 0 aliphatic carbocycles. The maximum atomic E-state index is 13.9. The molecule has 0 atom stereocenters. The minimum Gasteiger partial charge on any atom is -0.497 e. The number of halogens is 2. The summed E-state index contributed by atoms with van der Waals surface area (Å²) >= 11 is 2.05. The maximum Gasteiger partial charge on any atom is 0.410 e. The van der Waals surface area contributed by atoms with Gasteiger partial charge in [0, 0.05) is 42.2 Å². The Labute approximate surface area is 249 Å². The summed E-state index contributed by atoms with van der Waals surface area (Å²) in [6, 6.07) is 19.4. The van der Waals surface area contributed by atoms with E-state index in [2.05, 4.69) is 11.8 Å². The van der Waals surface area contributed by atoms with Crippen molar-refractivity contribution in [2.24, 2.45) is 0 Å². The van der Waals surface area contributed by atoms with E-state index in [0.29, 0.717) is 35.2 Å². The monoisotopic (exact) mass is 656 g/mol. The van der Waals surface area contributed by atoms with Crippen LogP contribution in [0, 0.1) is 21.2 Å². The molecular weight excluding hydrogens is 622 g/mol. The molecule has 3 aromatic carbocycles. The molecule has 8 heteroatoms. The van der Waals surface area contributed by atoms with Gasteiger partial charge in [-0.3, -0.25) is 4.79 Å². The minimum atomic E-state index is -0.546. The third kappa shape index (κ3) is 9.56. The summed E-state index contributed by atoms with van der Waals surface area (Å²) in [7, 11) is 3.30. The summed E-state index contributed by atoms with van der Waals surface area (Å²) in [5.74, 6) is 6.32. The first kappa shape index (κ1) is 31.0. The molecule has 3 rings (SSSR count). The lowest BCUT2D eigenvalue weighted by molar-refractivity contribution is 0.0285. The average Bonchev–Trinajstić information content (AvgIpc) is 2.91.